The number of likely N-dealkylation sites (N-methyl/N-ethyl adjacent to an activating group) is 1. The lowest BCUT2D eigenvalue weighted by Crippen LogP contribution is -2.46. The Bertz CT molecular complexity index is 555. The van der Waals surface area contributed by atoms with Gasteiger partial charge in [-0.25, -0.2) is 4.98 Å². The third kappa shape index (κ3) is 5.34. The number of nitrogens with two attached hydrogens (primary N) is 1. The van der Waals surface area contributed by atoms with Gasteiger partial charge in [0, 0.05) is 44.5 Å². The van der Waals surface area contributed by atoms with E-state index in [1.807, 2.05) is 0 Å². The smallest absolute Gasteiger partial charge is 0.250 e. The van der Waals surface area contributed by atoms with E-state index in [1.165, 1.54) is 6.20 Å². The largest absolute Gasteiger partial charge is 0.366 e. The molecule has 2 heterocycles. The molecule has 0 unspecified atom stereocenters. The number of nitrogens with zero attached hydrogens (tertiary/aromatic N) is 3. The fourth-order valence-corrected chi connectivity index (χ4v) is 2.77. The Labute approximate surface area is 143 Å². The number of hydrogen-bond donors (Lipinski definition) is 2. The molecule has 1 aromatic heterocycles. The van der Waals surface area contributed by atoms with E-state index in [-0.39, 0.29) is 5.54 Å². The van der Waals surface area contributed by atoms with Gasteiger partial charge in [-0.2, -0.15) is 0 Å². The number of hydrogen-bond acceptors (Lipinski definition) is 5. The maximum Gasteiger partial charge on any atom is 0.250 e. The monoisotopic (exact) mass is 339 g/mol. The van der Waals surface area contributed by atoms with Crippen LogP contribution in [0.15, 0.2) is 12.3 Å². The Morgan fingerprint density at radius 1 is 1.39 bits per heavy atom. The van der Waals surface area contributed by atoms with Crippen molar-refractivity contribution in [3.05, 3.63) is 22.8 Å². The summed E-state index contributed by atoms with van der Waals surface area (Å²) in [5, 5.41) is 3.78. The Hall–Kier alpha value is -1.37. The van der Waals surface area contributed by atoms with Crippen LogP contribution in [0, 0.1) is 0 Å². The summed E-state index contributed by atoms with van der Waals surface area (Å²) in [4.78, 5) is 20.2. The molecule has 0 atom stereocenters. The molecule has 128 valence electrons. The molecule has 1 aromatic rings. The second-order valence-electron chi connectivity index (χ2n) is 6.82. The lowest BCUT2D eigenvalue weighted by Gasteiger charge is -2.35. The minimum atomic E-state index is -0.528. The Balaban J connectivity index is 1.91. The number of halogens is 1. The average Bonchev–Trinajstić information content (AvgIpc) is 2.48. The van der Waals surface area contributed by atoms with Crippen LogP contribution in [-0.2, 0) is 0 Å². The number of pyridine rings is 1. The molecule has 0 saturated carbocycles. The Morgan fingerprint density at radius 3 is 2.61 bits per heavy atom. The molecule has 1 aliphatic rings. The summed E-state index contributed by atoms with van der Waals surface area (Å²) < 4.78 is 0. The van der Waals surface area contributed by atoms with Gasteiger partial charge < -0.3 is 20.9 Å². The van der Waals surface area contributed by atoms with Crippen molar-refractivity contribution in [1.29, 1.82) is 0 Å². The van der Waals surface area contributed by atoms with Crippen LogP contribution in [-0.4, -0.2) is 66.0 Å². The summed E-state index contributed by atoms with van der Waals surface area (Å²) in [6.45, 7) is 9.75. The highest BCUT2D eigenvalue weighted by Gasteiger charge is 2.22. The molecule has 23 heavy (non-hydrogen) atoms. The number of anilines is 1. The van der Waals surface area contributed by atoms with Gasteiger partial charge in [-0.15, -0.1) is 0 Å². The van der Waals surface area contributed by atoms with Gasteiger partial charge in [-0.1, -0.05) is 11.6 Å². The first-order chi connectivity index (χ1) is 10.8. The van der Waals surface area contributed by atoms with E-state index in [2.05, 4.69) is 41.0 Å². The molecule has 2 rings (SSSR count). The Morgan fingerprint density at radius 2 is 2.04 bits per heavy atom. The molecule has 0 bridgehead atoms. The molecule has 1 saturated heterocycles. The van der Waals surface area contributed by atoms with E-state index < -0.39 is 5.91 Å². The first-order valence-electron chi connectivity index (χ1n) is 7.91. The topological polar surface area (TPSA) is 74.5 Å². The van der Waals surface area contributed by atoms with E-state index >= 15 is 0 Å². The molecule has 1 amide bonds. The van der Waals surface area contributed by atoms with Gasteiger partial charge in [0.15, 0.2) is 0 Å². The van der Waals surface area contributed by atoms with Crippen LogP contribution in [0.2, 0.25) is 5.02 Å². The number of carbonyl (C=O) groups excluding carboxylic acids is 1. The van der Waals surface area contributed by atoms with Crippen molar-refractivity contribution < 1.29 is 4.79 Å². The van der Waals surface area contributed by atoms with Gasteiger partial charge in [0.05, 0.1) is 10.6 Å². The maximum atomic E-state index is 11.1. The lowest BCUT2D eigenvalue weighted by atomic mass is 10.00. The number of carbonyl (C=O) groups is 1. The SMILES string of the molecule is CN1CCN(CCC(C)(C)Nc2ncc(C(N)=O)cc2Cl)CC1. The second kappa shape index (κ2) is 7.47. The van der Waals surface area contributed by atoms with Gasteiger partial charge in [0.1, 0.15) is 5.82 Å². The maximum absolute atomic E-state index is 11.1. The van der Waals surface area contributed by atoms with Crippen molar-refractivity contribution in [2.24, 2.45) is 5.73 Å². The van der Waals surface area contributed by atoms with Crippen LogP contribution in [0.3, 0.4) is 0 Å². The highest BCUT2D eigenvalue weighted by atomic mass is 35.5. The van der Waals surface area contributed by atoms with Crippen LogP contribution < -0.4 is 11.1 Å². The fourth-order valence-electron chi connectivity index (χ4n) is 2.56. The molecule has 0 aliphatic carbocycles. The molecule has 7 heteroatoms. The first-order valence-corrected chi connectivity index (χ1v) is 8.29. The lowest BCUT2D eigenvalue weighted by molar-refractivity contribution is 0.1000. The predicted molar refractivity (Wildman–Crippen MR) is 94.0 cm³/mol. The molecule has 0 radical (unpaired) electrons. The van der Waals surface area contributed by atoms with Crippen LogP contribution in [0.5, 0.6) is 0 Å². The van der Waals surface area contributed by atoms with Crippen molar-refractivity contribution >= 4 is 23.3 Å². The normalized spacial score (nSPS) is 17.2. The number of aromatic nitrogens is 1. The van der Waals surface area contributed by atoms with E-state index in [0.717, 1.165) is 39.1 Å². The molecule has 0 spiro atoms. The summed E-state index contributed by atoms with van der Waals surface area (Å²) in [5.74, 6) is 0.0559. The molecule has 1 fully saturated rings. The van der Waals surface area contributed by atoms with Gasteiger partial charge in [-0.3, -0.25) is 4.79 Å². The van der Waals surface area contributed by atoms with Crippen molar-refractivity contribution in [2.45, 2.75) is 25.8 Å². The van der Waals surface area contributed by atoms with Crippen molar-refractivity contribution in [3.63, 3.8) is 0 Å². The van der Waals surface area contributed by atoms with E-state index in [4.69, 9.17) is 17.3 Å². The summed E-state index contributed by atoms with van der Waals surface area (Å²) in [6.07, 6.45) is 2.43. The van der Waals surface area contributed by atoms with Crippen LogP contribution in [0.25, 0.3) is 0 Å². The third-order valence-electron chi connectivity index (χ3n) is 4.23. The number of amides is 1. The average molecular weight is 340 g/mol. The summed E-state index contributed by atoms with van der Waals surface area (Å²) in [5.41, 5.74) is 5.40. The summed E-state index contributed by atoms with van der Waals surface area (Å²) in [7, 11) is 2.16. The van der Waals surface area contributed by atoms with Crippen molar-refractivity contribution in [2.75, 3.05) is 45.1 Å². The summed E-state index contributed by atoms with van der Waals surface area (Å²) >= 11 is 6.20. The zero-order valence-electron chi connectivity index (χ0n) is 14.1. The number of rotatable bonds is 6. The van der Waals surface area contributed by atoms with Crippen LogP contribution in [0.4, 0.5) is 5.82 Å². The quantitative estimate of drug-likeness (QED) is 0.824. The van der Waals surface area contributed by atoms with Gasteiger partial charge in [0.25, 0.3) is 0 Å². The van der Waals surface area contributed by atoms with Crippen LogP contribution in [0.1, 0.15) is 30.6 Å². The molecular weight excluding hydrogens is 314 g/mol. The van der Waals surface area contributed by atoms with Gasteiger partial charge in [-0.05, 0) is 33.4 Å². The van der Waals surface area contributed by atoms with Crippen molar-refractivity contribution in [1.82, 2.24) is 14.8 Å². The number of piperazine rings is 1. The molecular formula is C16H26ClN5O. The number of primary amides is 1. The minimum Gasteiger partial charge on any atom is -0.366 e. The van der Waals surface area contributed by atoms with Gasteiger partial charge in [0.2, 0.25) is 5.91 Å². The van der Waals surface area contributed by atoms with Crippen molar-refractivity contribution in [3.8, 4) is 0 Å². The minimum absolute atomic E-state index is 0.145. The second-order valence-corrected chi connectivity index (χ2v) is 7.23. The standard InChI is InChI=1S/C16H26ClN5O/c1-16(2,4-5-22-8-6-21(3)7-9-22)20-15-13(17)10-12(11-19-15)14(18)23/h10-11H,4-9H2,1-3H3,(H2,18,23)(H,19,20). The Kier molecular flexibility index (Phi) is 5.84. The zero-order valence-corrected chi connectivity index (χ0v) is 14.9. The fraction of sp³-hybridized carbons (Fsp3) is 0.625. The van der Waals surface area contributed by atoms with E-state index in [9.17, 15) is 4.79 Å². The molecule has 3 N–H and O–H groups in total. The van der Waals surface area contributed by atoms with Crippen LogP contribution >= 0.6 is 11.6 Å². The van der Waals surface area contributed by atoms with Gasteiger partial charge >= 0.3 is 0 Å². The highest BCUT2D eigenvalue weighted by Crippen LogP contribution is 2.25. The predicted octanol–water partition coefficient (Wildman–Crippen LogP) is 1.66. The third-order valence-corrected chi connectivity index (χ3v) is 4.52. The molecule has 1 aliphatic heterocycles. The number of nitrogens with one attached hydrogen (secondary N) is 1. The zero-order chi connectivity index (χ0) is 17.0. The van der Waals surface area contributed by atoms with E-state index in [0.29, 0.717) is 16.4 Å². The van der Waals surface area contributed by atoms with E-state index in [1.54, 1.807) is 6.07 Å². The summed E-state index contributed by atoms with van der Waals surface area (Å²) in [6, 6.07) is 1.55. The highest BCUT2D eigenvalue weighted by molar-refractivity contribution is 6.33. The molecule has 0 aromatic carbocycles. The first kappa shape index (κ1) is 18.0. The molecule has 6 nitrogen and oxygen atoms in total.